The van der Waals surface area contributed by atoms with Crippen molar-refractivity contribution in [3.63, 3.8) is 0 Å². The smallest absolute Gasteiger partial charge is 0.0986 e. The summed E-state index contributed by atoms with van der Waals surface area (Å²) in [6.07, 6.45) is 15.2. The zero-order valence-corrected chi connectivity index (χ0v) is 11.0. The minimum atomic E-state index is 0.493. The fraction of sp³-hybridized carbons (Fsp3) is 0.867. The third-order valence-electron chi connectivity index (χ3n) is 3.46. The zero-order valence-electron chi connectivity index (χ0n) is 11.0. The van der Waals surface area contributed by atoms with Crippen LogP contribution in [0.15, 0.2) is 12.3 Å². The highest BCUT2D eigenvalue weighted by Gasteiger charge is 2.17. The van der Waals surface area contributed by atoms with Gasteiger partial charge in [0.15, 0.2) is 0 Å². The first-order valence-corrected chi connectivity index (χ1v) is 7.17. The lowest BCUT2D eigenvalue weighted by atomic mass is 10.0. The van der Waals surface area contributed by atoms with E-state index in [0.717, 1.165) is 12.2 Å². The van der Waals surface area contributed by atoms with E-state index in [9.17, 15) is 0 Å². The van der Waals surface area contributed by atoms with Crippen LogP contribution in [0.3, 0.4) is 0 Å². The molecule has 1 rings (SSSR count). The van der Waals surface area contributed by atoms with Crippen molar-refractivity contribution in [2.24, 2.45) is 0 Å². The average molecular weight is 224 g/mol. The van der Waals surface area contributed by atoms with Crippen molar-refractivity contribution >= 4 is 0 Å². The maximum absolute atomic E-state index is 5.63. The van der Waals surface area contributed by atoms with E-state index in [1.807, 2.05) is 0 Å². The fourth-order valence-electron chi connectivity index (χ4n) is 2.38. The van der Waals surface area contributed by atoms with Gasteiger partial charge in [-0.05, 0) is 19.3 Å². The molecule has 1 heterocycles. The number of hydrogen-bond donors (Lipinski definition) is 0. The summed E-state index contributed by atoms with van der Waals surface area (Å²) in [5.41, 5.74) is 0. The molecule has 0 spiro atoms. The second-order valence-corrected chi connectivity index (χ2v) is 5.08. The quantitative estimate of drug-likeness (QED) is 0.488. The molecule has 1 unspecified atom stereocenters. The molecule has 1 aliphatic rings. The third-order valence-corrected chi connectivity index (χ3v) is 3.46. The highest BCUT2D eigenvalue weighted by Crippen LogP contribution is 2.25. The minimum absolute atomic E-state index is 0.493. The van der Waals surface area contributed by atoms with Gasteiger partial charge in [0.1, 0.15) is 0 Å². The summed E-state index contributed by atoms with van der Waals surface area (Å²) in [7, 11) is 0. The monoisotopic (exact) mass is 224 g/mol. The Bertz CT molecular complexity index is 186. The Morgan fingerprint density at radius 1 is 1.06 bits per heavy atom. The van der Waals surface area contributed by atoms with Crippen LogP contribution in [0.4, 0.5) is 0 Å². The second-order valence-electron chi connectivity index (χ2n) is 5.08. The normalized spacial score (nSPS) is 20.1. The van der Waals surface area contributed by atoms with Crippen molar-refractivity contribution in [2.45, 2.75) is 83.7 Å². The van der Waals surface area contributed by atoms with E-state index < -0.39 is 0 Å². The fourth-order valence-corrected chi connectivity index (χ4v) is 2.38. The molecule has 0 bridgehead atoms. The summed E-state index contributed by atoms with van der Waals surface area (Å²) in [5, 5.41) is 0. The van der Waals surface area contributed by atoms with Crippen LogP contribution in [-0.2, 0) is 4.74 Å². The molecule has 1 nitrogen and oxygen atoms in total. The standard InChI is InChI=1S/C15H28O/c1-3-4-5-6-7-8-9-10-11-15-13-12-14(2)16-15/h15H,2-13H2,1H3. The molecule has 1 aliphatic heterocycles. The SMILES string of the molecule is C=C1CCC(CCCCCCCCCC)O1. The molecule has 1 heteroatoms. The first kappa shape index (κ1) is 13.6. The minimum Gasteiger partial charge on any atom is -0.495 e. The maximum Gasteiger partial charge on any atom is 0.0986 e. The van der Waals surface area contributed by atoms with Crippen molar-refractivity contribution in [3.05, 3.63) is 12.3 Å². The Morgan fingerprint density at radius 2 is 1.69 bits per heavy atom. The van der Waals surface area contributed by atoms with E-state index >= 15 is 0 Å². The van der Waals surface area contributed by atoms with Crippen LogP contribution in [0.1, 0.15) is 77.6 Å². The molecule has 1 saturated heterocycles. The van der Waals surface area contributed by atoms with Gasteiger partial charge in [0, 0.05) is 6.42 Å². The predicted octanol–water partition coefficient (Wildman–Crippen LogP) is 5.21. The van der Waals surface area contributed by atoms with Gasteiger partial charge in [0.05, 0.1) is 11.9 Å². The van der Waals surface area contributed by atoms with Crippen LogP contribution in [0.2, 0.25) is 0 Å². The summed E-state index contributed by atoms with van der Waals surface area (Å²) < 4.78 is 5.63. The summed E-state index contributed by atoms with van der Waals surface area (Å²) >= 11 is 0. The Balaban J connectivity index is 1.79. The van der Waals surface area contributed by atoms with Gasteiger partial charge in [-0.15, -0.1) is 0 Å². The highest BCUT2D eigenvalue weighted by atomic mass is 16.5. The Morgan fingerprint density at radius 3 is 2.25 bits per heavy atom. The van der Waals surface area contributed by atoms with Gasteiger partial charge in [0.2, 0.25) is 0 Å². The van der Waals surface area contributed by atoms with Crippen LogP contribution in [0.25, 0.3) is 0 Å². The van der Waals surface area contributed by atoms with Crippen molar-refractivity contribution in [1.29, 1.82) is 0 Å². The van der Waals surface area contributed by atoms with Crippen molar-refractivity contribution < 1.29 is 4.74 Å². The number of rotatable bonds is 9. The first-order chi connectivity index (χ1) is 7.83. The Labute approximate surface area is 101 Å². The van der Waals surface area contributed by atoms with Gasteiger partial charge < -0.3 is 4.74 Å². The molecule has 0 N–H and O–H groups in total. The van der Waals surface area contributed by atoms with Crippen molar-refractivity contribution in [3.8, 4) is 0 Å². The van der Waals surface area contributed by atoms with Gasteiger partial charge >= 0.3 is 0 Å². The largest absolute Gasteiger partial charge is 0.495 e. The number of ether oxygens (including phenoxy) is 1. The zero-order chi connectivity index (χ0) is 11.6. The number of allylic oxidation sites excluding steroid dienone is 1. The molecular weight excluding hydrogens is 196 g/mol. The van der Waals surface area contributed by atoms with Gasteiger partial charge in [-0.2, -0.15) is 0 Å². The van der Waals surface area contributed by atoms with Gasteiger partial charge in [0.25, 0.3) is 0 Å². The second kappa shape index (κ2) is 8.66. The molecule has 0 amide bonds. The van der Waals surface area contributed by atoms with Crippen molar-refractivity contribution in [2.75, 3.05) is 0 Å². The maximum atomic E-state index is 5.63. The van der Waals surface area contributed by atoms with E-state index in [2.05, 4.69) is 13.5 Å². The van der Waals surface area contributed by atoms with E-state index in [0.29, 0.717) is 6.10 Å². The van der Waals surface area contributed by atoms with E-state index in [4.69, 9.17) is 4.74 Å². The molecule has 0 aromatic rings. The van der Waals surface area contributed by atoms with Crippen LogP contribution in [0, 0.1) is 0 Å². The lowest BCUT2D eigenvalue weighted by Gasteiger charge is -2.09. The molecular formula is C15H28O. The van der Waals surface area contributed by atoms with Gasteiger partial charge in [-0.3, -0.25) is 0 Å². The lowest BCUT2D eigenvalue weighted by molar-refractivity contribution is 0.149. The van der Waals surface area contributed by atoms with Gasteiger partial charge in [-0.25, -0.2) is 0 Å². The van der Waals surface area contributed by atoms with E-state index in [1.54, 1.807) is 0 Å². The predicted molar refractivity (Wildman–Crippen MR) is 70.5 cm³/mol. The number of hydrogen-bond acceptors (Lipinski definition) is 1. The average Bonchev–Trinajstić information content (AvgIpc) is 2.68. The molecule has 0 radical (unpaired) electrons. The Kier molecular flexibility index (Phi) is 7.37. The summed E-state index contributed by atoms with van der Waals surface area (Å²) in [6.45, 7) is 6.14. The highest BCUT2D eigenvalue weighted by molar-refractivity contribution is 4.90. The molecule has 94 valence electrons. The van der Waals surface area contributed by atoms with Crippen molar-refractivity contribution in [1.82, 2.24) is 0 Å². The molecule has 1 fully saturated rings. The topological polar surface area (TPSA) is 9.23 Å². The molecule has 0 aromatic heterocycles. The Hall–Kier alpha value is -0.460. The third kappa shape index (κ3) is 6.19. The number of unbranched alkanes of at least 4 members (excludes halogenated alkanes) is 7. The molecule has 0 aromatic carbocycles. The summed E-state index contributed by atoms with van der Waals surface area (Å²) in [5.74, 6) is 1.00. The van der Waals surface area contributed by atoms with E-state index in [-0.39, 0.29) is 0 Å². The van der Waals surface area contributed by atoms with Crippen LogP contribution >= 0.6 is 0 Å². The van der Waals surface area contributed by atoms with Crippen LogP contribution in [-0.4, -0.2) is 6.10 Å². The summed E-state index contributed by atoms with van der Waals surface area (Å²) in [6, 6.07) is 0. The lowest BCUT2D eigenvalue weighted by Crippen LogP contribution is -2.03. The van der Waals surface area contributed by atoms with Crippen LogP contribution in [0.5, 0.6) is 0 Å². The summed E-state index contributed by atoms with van der Waals surface area (Å²) in [4.78, 5) is 0. The molecule has 16 heavy (non-hydrogen) atoms. The van der Waals surface area contributed by atoms with Gasteiger partial charge in [-0.1, -0.05) is 58.4 Å². The van der Waals surface area contributed by atoms with E-state index in [1.165, 1.54) is 64.2 Å². The molecule has 0 aliphatic carbocycles. The first-order valence-electron chi connectivity index (χ1n) is 7.17. The van der Waals surface area contributed by atoms with Crippen LogP contribution < -0.4 is 0 Å². The molecule has 1 atom stereocenters. The molecule has 0 saturated carbocycles.